The topological polar surface area (TPSA) is 0 Å². The quantitative estimate of drug-likeness (QED) is 0.501. The van der Waals surface area contributed by atoms with Crippen molar-refractivity contribution in [3.05, 3.63) is 23.8 Å². The van der Waals surface area contributed by atoms with Crippen LogP contribution in [0.2, 0.25) is 0 Å². The van der Waals surface area contributed by atoms with E-state index < -0.39 is 0 Å². The first-order valence-corrected chi connectivity index (χ1v) is 6.36. The van der Waals surface area contributed by atoms with Gasteiger partial charge in [-0.25, -0.2) is 0 Å². The number of hydrogen-bond acceptors (Lipinski definition) is 0. The molecule has 0 nitrogen and oxygen atoms in total. The maximum Gasteiger partial charge on any atom is -0.0114 e. The molecule has 0 spiro atoms. The molecule has 1 saturated carbocycles. The van der Waals surface area contributed by atoms with E-state index in [9.17, 15) is 0 Å². The van der Waals surface area contributed by atoms with E-state index in [1.165, 1.54) is 37.7 Å². The Morgan fingerprint density at radius 3 is 2.80 bits per heavy atom. The van der Waals surface area contributed by atoms with Crippen LogP contribution in [-0.2, 0) is 0 Å². The molecule has 2 rings (SSSR count). The first-order valence-electron chi connectivity index (χ1n) is 6.36. The molecule has 0 unspecified atom stereocenters. The summed E-state index contributed by atoms with van der Waals surface area (Å²) in [7, 11) is 0. The molecule has 0 aliphatic heterocycles. The van der Waals surface area contributed by atoms with E-state index in [0.717, 1.165) is 11.8 Å². The molecule has 2 aliphatic rings. The Morgan fingerprint density at radius 2 is 2.07 bits per heavy atom. The summed E-state index contributed by atoms with van der Waals surface area (Å²) in [6.07, 6.45) is 9.14. The number of hydrogen-bond donors (Lipinski definition) is 0. The zero-order valence-corrected chi connectivity index (χ0v) is 10.5. The molecule has 15 heavy (non-hydrogen) atoms. The standard InChI is InChI=1S/C15H24/c1-11-7-8-13-12(2)6-5-9-15(3,4)14(13)10-11/h10,13-14H,2,5-9H2,1,3-4H3/t13-,14+/m0/s1. The zero-order valence-electron chi connectivity index (χ0n) is 10.5. The number of rotatable bonds is 0. The average molecular weight is 204 g/mol. The van der Waals surface area contributed by atoms with Gasteiger partial charge in [-0.3, -0.25) is 0 Å². The molecule has 0 aromatic carbocycles. The van der Waals surface area contributed by atoms with E-state index in [4.69, 9.17) is 0 Å². The van der Waals surface area contributed by atoms with Crippen molar-refractivity contribution in [2.24, 2.45) is 17.3 Å². The number of fused-ring (bicyclic) bond motifs is 1. The minimum atomic E-state index is 0.478. The molecule has 0 aromatic rings. The van der Waals surface area contributed by atoms with E-state index in [1.807, 2.05) is 0 Å². The van der Waals surface area contributed by atoms with Gasteiger partial charge in [-0.05, 0) is 56.3 Å². The molecule has 0 heterocycles. The third-order valence-electron chi connectivity index (χ3n) is 4.49. The van der Waals surface area contributed by atoms with Crippen molar-refractivity contribution < 1.29 is 0 Å². The molecule has 2 atom stereocenters. The minimum absolute atomic E-state index is 0.478. The monoisotopic (exact) mass is 204 g/mol. The lowest BCUT2D eigenvalue weighted by molar-refractivity contribution is 0.186. The lowest BCUT2D eigenvalue weighted by Gasteiger charge is -2.39. The molecule has 0 saturated heterocycles. The van der Waals surface area contributed by atoms with Crippen molar-refractivity contribution in [3.63, 3.8) is 0 Å². The zero-order chi connectivity index (χ0) is 11.1. The van der Waals surface area contributed by atoms with Crippen LogP contribution in [0, 0.1) is 17.3 Å². The van der Waals surface area contributed by atoms with Gasteiger partial charge in [0.25, 0.3) is 0 Å². The first-order chi connectivity index (χ1) is 7.00. The first kappa shape index (κ1) is 11.0. The van der Waals surface area contributed by atoms with Crippen LogP contribution in [-0.4, -0.2) is 0 Å². The summed E-state index contributed by atoms with van der Waals surface area (Å²) >= 11 is 0. The van der Waals surface area contributed by atoms with Gasteiger partial charge in [-0.1, -0.05) is 37.6 Å². The highest BCUT2D eigenvalue weighted by Crippen LogP contribution is 2.49. The van der Waals surface area contributed by atoms with Gasteiger partial charge in [0.05, 0.1) is 0 Å². The summed E-state index contributed by atoms with van der Waals surface area (Å²) in [6, 6.07) is 0. The van der Waals surface area contributed by atoms with E-state index >= 15 is 0 Å². The Kier molecular flexibility index (Phi) is 2.79. The highest BCUT2D eigenvalue weighted by atomic mass is 14.4. The summed E-state index contributed by atoms with van der Waals surface area (Å²) in [5.41, 5.74) is 3.60. The second-order valence-corrected chi connectivity index (χ2v) is 6.18. The second-order valence-electron chi connectivity index (χ2n) is 6.18. The molecule has 0 radical (unpaired) electrons. The van der Waals surface area contributed by atoms with E-state index in [2.05, 4.69) is 33.4 Å². The molecule has 1 fully saturated rings. The molecule has 0 heteroatoms. The molecular formula is C15H24. The number of allylic oxidation sites excluding steroid dienone is 3. The summed E-state index contributed by atoms with van der Waals surface area (Å²) in [4.78, 5) is 0. The Morgan fingerprint density at radius 1 is 1.33 bits per heavy atom. The van der Waals surface area contributed by atoms with Crippen LogP contribution in [0.5, 0.6) is 0 Å². The average Bonchev–Trinajstić information content (AvgIpc) is 2.26. The van der Waals surface area contributed by atoms with Gasteiger partial charge in [-0.15, -0.1) is 0 Å². The van der Waals surface area contributed by atoms with Gasteiger partial charge in [-0.2, -0.15) is 0 Å². The van der Waals surface area contributed by atoms with Crippen molar-refractivity contribution in [1.82, 2.24) is 0 Å². The largest absolute Gasteiger partial charge is 0.0996 e. The predicted molar refractivity (Wildman–Crippen MR) is 66.7 cm³/mol. The highest BCUT2D eigenvalue weighted by molar-refractivity contribution is 5.19. The SMILES string of the molecule is C=C1CCCC(C)(C)[C@@H]2C=C(C)CC[C@@H]12. The molecule has 0 aromatic heterocycles. The Hall–Kier alpha value is -0.520. The van der Waals surface area contributed by atoms with Crippen LogP contribution >= 0.6 is 0 Å². The summed E-state index contributed by atoms with van der Waals surface area (Å²) in [5, 5.41) is 0. The van der Waals surface area contributed by atoms with Gasteiger partial charge in [0, 0.05) is 0 Å². The van der Waals surface area contributed by atoms with E-state index in [-0.39, 0.29) is 0 Å². The predicted octanol–water partition coefficient (Wildman–Crippen LogP) is 4.73. The van der Waals surface area contributed by atoms with Gasteiger partial charge in [0.2, 0.25) is 0 Å². The fourth-order valence-corrected chi connectivity index (χ4v) is 3.42. The van der Waals surface area contributed by atoms with Crippen molar-refractivity contribution in [3.8, 4) is 0 Å². The molecule has 84 valence electrons. The molecule has 0 N–H and O–H groups in total. The maximum absolute atomic E-state index is 4.32. The van der Waals surface area contributed by atoms with Gasteiger partial charge >= 0.3 is 0 Å². The molecule has 2 aliphatic carbocycles. The fraction of sp³-hybridized carbons (Fsp3) is 0.733. The van der Waals surface area contributed by atoms with Crippen LogP contribution in [0.1, 0.15) is 52.9 Å². The highest BCUT2D eigenvalue weighted by Gasteiger charge is 2.38. The van der Waals surface area contributed by atoms with Crippen LogP contribution in [0.15, 0.2) is 23.8 Å². The maximum atomic E-state index is 4.32. The van der Waals surface area contributed by atoms with Crippen molar-refractivity contribution in [2.45, 2.75) is 52.9 Å². The van der Waals surface area contributed by atoms with Gasteiger partial charge < -0.3 is 0 Å². The smallest absolute Gasteiger partial charge is 0.0114 e. The van der Waals surface area contributed by atoms with Crippen molar-refractivity contribution in [1.29, 1.82) is 0 Å². The summed E-state index contributed by atoms with van der Waals surface area (Å²) < 4.78 is 0. The summed E-state index contributed by atoms with van der Waals surface area (Å²) in [5.74, 6) is 1.52. The summed E-state index contributed by atoms with van der Waals surface area (Å²) in [6.45, 7) is 11.5. The van der Waals surface area contributed by atoms with Crippen molar-refractivity contribution >= 4 is 0 Å². The third-order valence-corrected chi connectivity index (χ3v) is 4.49. The van der Waals surface area contributed by atoms with Crippen LogP contribution < -0.4 is 0 Å². The second kappa shape index (κ2) is 3.81. The van der Waals surface area contributed by atoms with Crippen LogP contribution in [0.4, 0.5) is 0 Å². The Balaban J connectivity index is 2.34. The van der Waals surface area contributed by atoms with E-state index in [1.54, 1.807) is 5.57 Å². The van der Waals surface area contributed by atoms with Gasteiger partial charge in [0.1, 0.15) is 0 Å². The lowest BCUT2D eigenvalue weighted by atomic mass is 9.65. The lowest BCUT2D eigenvalue weighted by Crippen LogP contribution is -2.30. The normalized spacial score (nSPS) is 35.4. The third kappa shape index (κ3) is 2.04. The molecule has 0 amide bonds. The molecular weight excluding hydrogens is 180 g/mol. The Labute approximate surface area is 94.5 Å². The fourth-order valence-electron chi connectivity index (χ4n) is 3.42. The van der Waals surface area contributed by atoms with E-state index in [0.29, 0.717) is 5.41 Å². The minimum Gasteiger partial charge on any atom is -0.0996 e. The Bertz CT molecular complexity index is 293. The van der Waals surface area contributed by atoms with Crippen LogP contribution in [0.25, 0.3) is 0 Å². The van der Waals surface area contributed by atoms with Crippen molar-refractivity contribution in [2.75, 3.05) is 0 Å². The van der Waals surface area contributed by atoms with Crippen LogP contribution in [0.3, 0.4) is 0 Å². The van der Waals surface area contributed by atoms with Gasteiger partial charge in [0.15, 0.2) is 0 Å². The molecule has 0 bridgehead atoms.